The molecule has 8 nitrogen and oxygen atoms in total. The van der Waals surface area contributed by atoms with E-state index in [4.69, 9.17) is 14.2 Å². The molecule has 10 heteroatoms. The lowest BCUT2D eigenvalue weighted by Crippen LogP contribution is -2.31. The standard InChI is InChI=1S/C29H26F2N2O6/c1-36-22-12-10-21(11-13-22)24-17-23(20-6-4-3-5-7-20)32-33(24)27(34)18-38-28(35)15-9-19-8-14-25(39-29(30)31)26(16-19)37-2/h3-16,24,29H,17-18H2,1-2H3/b15-9+. The van der Waals surface area contributed by atoms with Gasteiger partial charge < -0.3 is 18.9 Å². The van der Waals surface area contributed by atoms with Crippen LogP contribution in [0, 0.1) is 0 Å². The van der Waals surface area contributed by atoms with E-state index in [1.807, 2.05) is 54.6 Å². The normalized spacial score (nSPS) is 14.8. The first-order valence-corrected chi connectivity index (χ1v) is 11.9. The largest absolute Gasteiger partial charge is 0.497 e. The van der Waals surface area contributed by atoms with E-state index < -0.39 is 25.1 Å². The highest BCUT2D eigenvalue weighted by atomic mass is 19.3. The third-order valence-electron chi connectivity index (χ3n) is 5.93. The molecule has 0 N–H and O–H groups in total. The maximum absolute atomic E-state index is 13.1. The van der Waals surface area contributed by atoms with Crippen molar-refractivity contribution in [1.82, 2.24) is 5.01 Å². The van der Waals surface area contributed by atoms with Crippen LogP contribution in [0.25, 0.3) is 6.08 Å². The monoisotopic (exact) mass is 536 g/mol. The van der Waals surface area contributed by atoms with Gasteiger partial charge in [-0.3, -0.25) is 4.79 Å². The summed E-state index contributed by atoms with van der Waals surface area (Å²) in [5, 5.41) is 5.90. The maximum Gasteiger partial charge on any atom is 0.387 e. The molecule has 0 aliphatic carbocycles. The fourth-order valence-electron chi connectivity index (χ4n) is 4.02. The Kier molecular flexibility index (Phi) is 8.88. The van der Waals surface area contributed by atoms with Crippen LogP contribution < -0.4 is 14.2 Å². The Labute approximate surface area is 224 Å². The number of carbonyl (C=O) groups excluding carboxylic acids is 2. The molecule has 39 heavy (non-hydrogen) atoms. The van der Waals surface area contributed by atoms with Crippen LogP contribution in [-0.4, -0.2) is 50.0 Å². The van der Waals surface area contributed by atoms with Gasteiger partial charge in [-0.1, -0.05) is 48.5 Å². The number of hydrazone groups is 1. The van der Waals surface area contributed by atoms with Crippen LogP contribution in [0.2, 0.25) is 0 Å². The molecule has 0 saturated heterocycles. The highest BCUT2D eigenvalue weighted by Crippen LogP contribution is 2.34. The first kappa shape index (κ1) is 27.3. The van der Waals surface area contributed by atoms with Crippen molar-refractivity contribution in [3.63, 3.8) is 0 Å². The third-order valence-corrected chi connectivity index (χ3v) is 5.93. The summed E-state index contributed by atoms with van der Waals surface area (Å²) in [7, 11) is 2.89. The van der Waals surface area contributed by atoms with Gasteiger partial charge in [0.2, 0.25) is 0 Å². The van der Waals surface area contributed by atoms with Crippen molar-refractivity contribution in [3.05, 3.63) is 95.6 Å². The van der Waals surface area contributed by atoms with E-state index in [1.165, 1.54) is 36.4 Å². The number of esters is 1. The van der Waals surface area contributed by atoms with E-state index in [0.717, 1.165) is 22.9 Å². The minimum atomic E-state index is -3.00. The van der Waals surface area contributed by atoms with Gasteiger partial charge in [0.25, 0.3) is 5.91 Å². The molecule has 0 saturated carbocycles. The number of halogens is 2. The Morgan fingerprint density at radius 2 is 1.74 bits per heavy atom. The van der Waals surface area contributed by atoms with Gasteiger partial charge in [-0.25, -0.2) is 9.80 Å². The molecule has 0 spiro atoms. The lowest BCUT2D eigenvalue weighted by atomic mass is 9.98. The minimum Gasteiger partial charge on any atom is -0.497 e. The molecule has 1 heterocycles. The molecule has 202 valence electrons. The van der Waals surface area contributed by atoms with Crippen molar-refractivity contribution in [2.24, 2.45) is 5.10 Å². The average molecular weight is 537 g/mol. The average Bonchev–Trinajstić information content (AvgIpc) is 3.41. The summed E-state index contributed by atoms with van der Waals surface area (Å²) < 4.78 is 44.9. The Morgan fingerprint density at radius 1 is 1.00 bits per heavy atom. The number of ether oxygens (including phenoxy) is 4. The molecule has 3 aromatic carbocycles. The van der Waals surface area contributed by atoms with Crippen molar-refractivity contribution in [2.75, 3.05) is 20.8 Å². The van der Waals surface area contributed by atoms with Crippen LogP contribution in [0.15, 0.2) is 84.0 Å². The van der Waals surface area contributed by atoms with E-state index >= 15 is 0 Å². The summed E-state index contributed by atoms with van der Waals surface area (Å²) in [6.45, 7) is -3.52. The molecule has 1 aliphatic rings. The van der Waals surface area contributed by atoms with Crippen molar-refractivity contribution in [3.8, 4) is 17.2 Å². The second kappa shape index (κ2) is 12.7. The fraction of sp³-hybridized carbons (Fsp3) is 0.207. The number of carbonyl (C=O) groups is 2. The van der Waals surface area contributed by atoms with Gasteiger partial charge in [-0.2, -0.15) is 13.9 Å². The second-order valence-electron chi connectivity index (χ2n) is 8.37. The Morgan fingerprint density at radius 3 is 2.41 bits per heavy atom. The van der Waals surface area contributed by atoms with E-state index in [-0.39, 0.29) is 17.5 Å². The van der Waals surface area contributed by atoms with E-state index in [9.17, 15) is 18.4 Å². The van der Waals surface area contributed by atoms with Crippen molar-refractivity contribution in [1.29, 1.82) is 0 Å². The SMILES string of the molecule is COc1ccc(C2CC(c3ccccc3)=NN2C(=O)COC(=O)/C=C/c2ccc(OC(F)F)c(OC)c2)cc1. The molecule has 3 aromatic rings. The summed E-state index contributed by atoms with van der Waals surface area (Å²) in [4.78, 5) is 25.4. The number of rotatable bonds is 10. The summed E-state index contributed by atoms with van der Waals surface area (Å²) in [6.07, 6.45) is 3.02. The van der Waals surface area contributed by atoms with Crippen molar-refractivity contribution < 1.29 is 37.3 Å². The van der Waals surface area contributed by atoms with Crippen LogP contribution in [0.1, 0.15) is 29.2 Å². The predicted molar refractivity (Wildman–Crippen MR) is 140 cm³/mol. The molecular weight excluding hydrogens is 510 g/mol. The van der Waals surface area contributed by atoms with Crippen LogP contribution in [0.3, 0.4) is 0 Å². The topological polar surface area (TPSA) is 86.7 Å². The number of alkyl halides is 2. The van der Waals surface area contributed by atoms with E-state index in [2.05, 4.69) is 9.84 Å². The van der Waals surface area contributed by atoms with Gasteiger partial charge in [0.1, 0.15) is 5.75 Å². The van der Waals surface area contributed by atoms with Gasteiger partial charge in [0.05, 0.1) is 26.0 Å². The van der Waals surface area contributed by atoms with Gasteiger partial charge in [-0.05, 0) is 47.0 Å². The number of amides is 1. The predicted octanol–water partition coefficient (Wildman–Crippen LogP) is 5.24. The van der Waals surface area contributed by atoms with Gasteiger partial charge in [-0.15, -0.1) is 0 Å². The molecule has 4 rings (SSSR count). The fourth-order valence-corrected chi connectivity index (χ4v) is 4.02. The third kappa shape index (κ3) is 6.98. The number of nitrogens with zero attached hydrogens (tertiary/aromatic N) is 2. The number of benzene rings is 3. The number of hydrogen-bond acceptors (Lipinski definition) is 7. The number of hydrogen-bond donors (Lipinski definition) is 0. The molecule has 1 amide bonds. The molecule has 0 bridgehead atoms. The molecule has 0 fully saturated rings. The van der Waals surface area contributed by atoms with Crippen molar-refractivity contribution >= 4 is 23.7 Å². The Hall–Kier alpha value is -4.73. The molecule has 0 aromatic heterocycles. The van der Waals surface area contributed by atoms with Gasteiger partial charge in [0, 0.05) is 12.5 Å². The van der Waals surface area contributed by atoms with E-state index in [1.54, 1.807) is 7.11 Å². The van der Waals surface area contributed by atoms with Crippen LogP contribution in [-0.2, 0) is 14.3 Å². The quantitative estimate of drug-likeness (QED) is 0.260. The smallest absolute Gasteiger partial charge is 0.387 e. The van der Waals surface area contributed by atoms with Crippen LogP contribution >= 0.6 is 0 Å². The van der Waals surface area contributed by atoms with Gasteiger partial charge >= 0.3 is 12.6 Å². The molecule has 0 radical (unpaired) electrons. The Balaban J connectivity index is 1.44. The molecule has 1 atom stereocenters. The van der Waals surface area contributed by atoms with Gasteiger partial charge in [0.15, 0.2) is 18.1 Å². The number of methoxy groups -OCH3 is 2. The molecule has 1 aliphatic heterocycles. The zero-order valence-corrected chi connectivity index (χ0v) is 21.3. The highest BCUT2D eigenvalue weighted by molar-refractivity contribution is 6.03. The van der Waals surface area contributed by atoms with E-state index in [0.29, 0.717) is 17.7 Å². The molecular formula is C29H26F2N2O6. The zero-order valence-electron chi connectivity index (χ0n) is 21.3. The summed E-state index contributed by atoms with van der Waals surface area (Å²) >= 11 is 0. The first-order chi connectivity index (χ1) is 18.9. The van der Waals surface area contributed by atoms with Crippen molar-refractivity contribution in [2.45, 2.75) is 19.1 Å². The summed E-state index contributed by atoms with van der Waals surface area (Å²) in [5.74, 6) is -0.619. The zero-order chi connectivity index (χ0) is 27.8. The molecule has 1 unspecified atom stereocenters. The summed E-state index contributed by atoms with van der Waals surface area (Å²) in [5.41, 5.74) is 2.97. The maximum atomic E-state index is 13.1. The summed E-state index contributed by atoms with van der Waals surface area (Å²) in [6, 6.07) is 20.7. The second-order valence-corrected chi connectivity index (χ2v) is 8.37. The lowest BCUT2D eigenvalue weighted by Gasteiger charge is -2.22. The Bertz CT molecular complexity index is 1360. The highest BCUT2D eigenvalue weighted by Gasteiger charge is 2.33. The lowest BCUT2D eigenvalue weighted by molar-refractivity contribution is -0.149. The minimum absolute atomic E-state index is 0.0756. The van der Waals surface area contributed by atoms with Crippen LogP contribution in [0.5, 0.6) is 17.2 Å². The first-order valence-electron chi connectivity index (χ1n) is 11.9. The van der Waals surface area contributed by atoms with Crippen LogP contribution in [0.4, 0.5) is 8.78 Å².